The van der Waals surface area contributed by atoms with Crippen LogP contribution in [0.15, 0.2) is 49.3 Å². The molecule has 0 spiro atoms. The number of hydrogen-bond acceptors (Lipinski definition) is 7. The van der Waals surface area contributed by atoms with Gasteiger partial charge in [-0.15, -0.1) is 0 Å². The van der Waals surface area contributed by atoms with Crippen molar-refractivity contribution in [3.63, 3.8) is 0 Å². The molecular weight excluding hydrogens is 384 g/mol. The summed E-state index contributed by atoms with van der Waals surface area (Å²) < 4.78 is 6.76. The van der Waals surface area contributed by atoms with Gasteiger partial charge in [0.2, 0.25) is 0 Å². The normalized spacial score (nSPS) is 13.9. The van der Waals surface area contributed by atoms with Gasteiger partial charge in [0.25, 0.3) is 0 Å². The molecule has 0 saturated carbocycles. The monoisotopic (exact) mass is 408 g/mol. The molecule has 30 heavy (non-hydrogen) atoms. The number of anilines is 1. The van der Waals surface area contributed by atoms with Crippen LogP contribution in [0.3, 0.4) is 0 Å². The van der Waals surface area contributed by atoms with Gasteiger partial charge in [-0.25, -0.2) is 24.4 Å². The fourth-order valence-electron chi connectivity index (χ4n) is 3.32. The van der Waals surface area contributed by atoms with Gasteiger partial charge in [0.15, 0.2) is 5.82 Å². The van der Waals surface area contributed by atoms with Crippen LogP contribution in [0.25, 0.3) is 5.82 Å². The van der Waals surface area contributed by atoms with Crippen LogP contribution in [-0.2, 0) is 6.42 Å². The molecule has 1 aliphatic heterocycles. The van der Waals surface area contributed by atoms with E-state index in [0.717, 1.165) is 23.6 Å². The van der Waals surface area contributed by atoms with Crippen LogP contribution in [0.2, 0.25) is 0 Å². The summed E-state index contributed by atoms with van der Waals surface area (Å²) in [6.07, 6.45) is 5.36. The Morgan fingerprint density at radius 3 is 2.53 bits per heavy atom. The molecule has 1 aliphatic rings. The fourth-order valence-corrected chi connectivity index (χ4v) is 3.32. The smallest absolute Gasteiger partial charge is 0.317 e. The predicted molar refractivity (Wildman–Crippen MR) is 111 cm³/mol. The molecule has 4 rings (SSSR count). The zero-order valence-corrected chi connectivity index (χ0v) is 16.8. The topological polar surface area (TPSA) is 101 Å². The number of rotatable bonds is 6. The SMILES string of the molecule is COc1ccc(CCNC(=O)N2CCN(c3cc(-n4cncn4)ncn3)CC2)cc1. The molecule has 2 amide bonds. The van der Waals surface area contributed by atoms with Gasteiger partial charge in [0.1, 0.15) is 30.5 Å². The maximum Gasteiger partial charge on any atom is 0.317 e. The third-order valence-corrected chi connectivity index (χ3v) is 5.03. The van der Waals surface area contributed by atoms with Gasteiger partial charge in [-0.3, -0.25) is 0 Å². The average Bonchev–Trinajstić information content (AvgIpc) is 3.35. The van der Waals surface area contributed by atoms with Gasteiger partial charge in [0, 0.05) is 38.8 Å². The molecule has 1 aromatic carbocycles. The minimum atomic E-state index is -0.0332. The Labute approximate surface area is 174 Å². The third-order valence-electron chi connectivity index (χ3n) is 5.03. The number of urea groups is 1. The molecule has 2 aromatic heterocycles. The number of methoxy groups -OCH3 is 1. The van der Waals surface area contributed by atoms with Crippen LogP contribution < -0.4 is 15.0 Å². The summed E-state index contributed by atoms with van der Waals surface area (Å²) in [5.74, 6) is 2.31. The van der Waals surface area contributed by atoms with E-state index in [0.29, 0.717) is 38.5 Å². The number of benzene rings is 1. The number of hydrogen-bond donors (Lipinski definition) is 1. The lowest BCUT2D eigenvalue weighted by atomic mass is 10.1. The standard InChI is InChI=1S/C20H24N8O2/c1-30-17-4-2-16(3-5-17)6-7-22-20(29)27-10-8-26(9-11-27)18-12-19(24-14-23-18)28-15-21-13-25-28/h2-5,12-15H,6-11H2,1H3,(H,22,29). The highest BCUT2D eigenvalue weighted by molar-refractivity contribution is 5.74. The maximum atomic E-state index is 12.5. The largest absolute Gasteiger partial charge is 0.497 e. The Kier molecular flexibility index (Phi) is 6.02. The van der Waals surface area contributed by atoms with Crippen molar-refractivity contribution in [2.75, 3.05) is 44.7 Å². The first-order chi connectivity index (χ1) is 14.7. The highest BCUT2D eigenvalue weighted by atomic mass is 16.5. The Morgan fingerprint density at radius 2 is 1.83 bits per heavy atom. The molecule has 0 radical (unpaired) electrons. The van der Waals surface area contributed by atoms with Gasteiger partial charge < -0.3 is 19.9 Å². The molecule has 0 bridgehead atoms. The molecule has 10 heteroatoms. The van der Waals surface area contributed by atoms with Crippen molar-refractivity contribution < 1.29 is 9.53 Å². The third kappa shape index (κ3) is 4.65. The number of piperazine rings is 1. The number of amides is 2. The lowest BCUT2D eigenvalue weighted by Crippen LogP contribution is -2.52. The fraction of sp³-hybridized carbons (Fsp3) is 0.350. The molecule has 1 saturated heterocycles. The number of nitrogens with zero attached hydrogens (tertiary/aromatic N) is 7. The second-order valence-electron chi connectivity index (χ2n) is 6.88. The summed E-state index contributed by atoms with van der Waals surface area (Å²) >= 11 is 0. The van der Waals surface area contributed by atoms with Crippen molar-refractivity contribution in [2.24, 2.45) is 0 Å². The second kappa shape index (κ2) is 9.21. The molecule has 3 aromatic rings. The average molecular weight is 408 g/mol. The zero-order chi connectivity index (χ0) is 20.8. The number of carbonyl (C=O) groups excluding carboxylic acids is 1. The van der Waals surface area contributed by atoms with E-state index in [1.807, 2.05) is 35.2 Å². The first-order valence-corrected chi connectivity index (χ1v) is 9.80. The van der Waals surface area contributed by atoms with Gasteiger partial charge in [-0.1, -0.05) is 12.1 Å². The van der Waals surface area contributed by atoms with E-state index in [9.17, 15) is 4.79 Å². The summed E-state index contributed by atoms with van der Waals surface area (Å²) in [7, 11) is 1.65. The number of ether oxygens (including phenoxy) is 1. The maximum absolute atomic E-state index is 12.5. The highest BCUT2D eigenvalue weighted by Gasteiger charge is 2.22. The Bertz CT molecular complexity index is 953. The van der Waals surface area contributed by atoms with Crippen LogP contribution in [0.5, 0.6) is 5.75 Å². The second-order valence-corrected chi connectivity index (χ2v) is 6.88. The number of aromatic nitrogens is 5. The van der Waals surface area contributed by atoms with Crippen LogP contribution >= 0.6 is 0 Å². The summed E-state index contributed by atoms with van der Waals surface area (Å²) in [5.41, 5.74) is 1.16. The number of carbonyl (C=O) groups is 1. The molecule has 156 valence electrons. The van der Waals surface area contributed by atoms with Crippen molar-refractivity contribution in [3.8, 4) is 11.6 Å². The van der Waals surface area contributed by atoms with E-state index >= 15 is 0 Å². The Morgan fingerprint density at radius 1 is 1.07 bits per heavy atom. The molecule has 1 fully saturated rings. The van der Waals surface area contributed by atoms with Crippen molar-refractivity contribution >= 4 is 11.8 Å². The lowest BCUT2D eigenvalue weighted by Gasteiger charge is -2.35. The molecule has 3 heterocycles. The number of nitrogens with one attached hydrogen (secondary N) is 1. The predicted octanol–water partition coefficient (Wildman–Crippen LogP) is 1.14. The van der Waals surface area contributed by atoms with Crippen molar-refractivity contribution in [2.45, 2.75) is 6.42 Å². The van der Waals surface area contributed by atoms with Gasteiger partial charge in [0.05, 0.1) is 7.11 Å². The molecule has 10 nitrogen and oxygen atoms in total. The van der Waals surface area contributed by atoms with E-state index in [4.69, 9.17) is 4.74 Å². The first kappa shape index (κ1) is 19.6. The van der Waals surface area contributed by atoms with Crippen molar-refractivity contribution in [1.29, 1.82) is 0 Å². The van der Waals surface area contributed by atoms with E-state index in [-0.39, 0.29) is 6.03 Å². The highest BCUT2D eigenvalue weighted by Crippen LogP contribution is 2.15. The van der Waals surface area contributed by atoms with E-state index in [1.54, 1.807) is 18.1 Å². The van der Waals surface area contributed by atoms with Crippen LogP contribution in [0.1, 0.15) is 5.56 Å². The summed E-state index contributed by atoms with van der Waals surface area (Å²) in [6, 6.07) is 9.72. The van der Waals surface area contributed by atoms with Crippen LogP contribution in [0.4, 0.5) is 10.6 Å². The lowest BCUT2D eigenvalue weighted by molar-refractivity contribution is 0.194. The first-order valence-electron chi connectivity index (χ1n) is 9.80. The van der Waals surface area contributed by atoms with E-state index < -0.39 is 0 Å². The van der Waals surface area contributed by atoms with Crippen molar-refractivity contribution in [3.05, 3.63) is 54.9 Å². The Hall–Kier alpha value is -3.69. The molecule has 1 N–H and O–H groups in total. The molecule has 0 aliphatic carbocycles. The quantitative estimate of drug-likeness (QED) is 0.653. The zero-order valence-electron chi connectivity index (χ0n) is 16.8. The minimum absolute atomic E-state index is 0.0332. The molecule has 0 unspecified atom stereocenters. The van der Waals surface area contributed by atoms with Gasteiger partial charge in [-0.05, 0) is 24.1 Å². The van der Waals surface area contributed by atoms with E-state index in [1.165, 1.54) is 12.7 Å². The van der Waals surface area contributed by atoms with Gasteiger partial charge in [-0.2, -0.15) is 5.10 Å². The van der Waals surface area contributed by atoms with Crippen LogP contribution in [-0.4, -0.2) is 75.5 Å². The Balaban J connectivity index is 1.25. The summed E-state index contributed by atoms with van der Waals surface area (Å²) in [6.45, 7) is 3.28. The van der Waals surface area contributed by atoms with Crippen LogP contribution in [0, 0.1) is 0 Å². The molecule has 0 atom stereocenters. The summed E-state index contributed by atoms with van der Waals surface area (Å²) in [4.78, 5) is 29.0. The van der Waals surface area contributed by atoms with E-state index in [2.05, 4.69) is 30.3 Å². The minimum Gasteiger partial charge on any atom is -0.497 e. The molecular formula is C20H24N8O2. The van der Waals surface area contributed by atoms with Gasteiger partial charge >= 0.3 is 6.03 Å². The van der Waals surface area contributed by atoms with Crippen molar-refractivity contribution in [1.82, 2.24) is 34.9 Å². The summed E-state index contributed by atoms with van der Waals surface area (Å²) in [5, 5.41) is 7.10.